The Bertz CT molecular complexity index is 929. The van der Waals surface area contributed by atoms with Crippen molar-refractivity contribution in [2.45, 2.75) is 38.3 Å². The molecular formula is C23H27N5O3. The van der Waals surface area contributed by atoms with Crippen LogP contribution in [0.4, 0.5) is 0 Å². The normalized spacial score (nSPS) is 20.5. The Hall–Kier alpha value is -3.29. The molecule has 2 atom stereocenters. The van der Waals surface area contributed by atoms with Crippen LogP contribution >= 0.6 is 0 Å². The molecule has 4 rings (SSSR count). The Morgan fingerprint density at radius 3 is 2.55 bits per heavy atom. The Balaban J connectivity index is 1.28. The van der Waals surface area contributed by atoms with Crippen LogP contribution in [0.3, 0.4) is 0 Å². The molecule has 31 heavy (non-hydrogen) atoms. The van der Waals surface area contributed by atoms with Crippen molar-refractivity contribution in [3.8, 4) is 0 Å². The quantitative estimate of drug-likeness (QED) is 0.794. The fourth-order valence-electron chi connectivity index (χ4n) is 4.31. The average Bonchev–Trinajstić information content (AvgIpc) is 3.21. The molecule has 1 aromatic heterocycles. The van der Waals surface area contributed by atoms with Crippen LogP contribution in [0.15, 0.2) is 48.9 Å². The van der Waals surface area contributed by atoms with Crippen molar-refractivity contribution in [1.29, 1.82) is 0 Å². The lowest BCUT2D eigenvalue weighted by molar-refractivity contribution is -0.130. The summed E-state index contributed by atoms with van der Waals surface area (Å²) in [6, 6.07) is 9.82. The van der Waals surface area contributed by atoms with Crippen LogP contribution in [0, 0.1) is 5.92 Å². The number of amides is 3. The fraction of sp³-hybridized carbons (Fsp3) is 0.435. The zero-order valence-electron chi connectivity index (χ0n) is 17.6. The second-order valence-electron chi connectivity index (χ2n) is 8.20. The minimum Gasteiger partial charge on any atom is -0.353 e. The minimum atomic E-state index is -0.335. The maximum atomic E-state index is 12.8. The summed E-state index contributed by atoms with van der Waals surface area (Å²) in [6.07, 6.45) is 6.12. The molecule has 0 radical (unpaired) electrons. The number of rotatable bonds is 5. The highest BCUT2D eigenvalue weighted by molar-refractivity contribution is 5.92. The smallest absolute Gasteiger partial charge is 0.274 e. The molecule has 2 aliphatic heterocycles. The molecule has 3 amide bonds. The van der Waals surface area contributed by atoms with Crippen LogP contribution in [0.2, 0.25) is 0 Å². The lowest BCUT2D eigenvalue weighted by atomic mass is 10.0. The molecule has 8 nitrogen and oxygen atoms in total. The van der Waals surface area contributed by atoms with Gasteiger partial charge in [0.05, 0.1) is 18.2 Å². The second kappa shape index (κ2) is 9.24. The second-order valence-corrected chi connectivity index (χ2v) is 8.20. The Morgan fingerprint density at radius 2 is 1.87 bits per heavy atom. The lowest BCUT2D eigenvalue weighted by Crippen LogP contribution is -2.48. The van der Waals surface area contributed by atoms with Crippen LogP contribution in [-0.4, -0.2) is 63.2 Å². The molecule has 2 aliphatic rings. The predicted molar refractivity (Wildman–Crippen MR) is 114 cm³/mol. The summed E-state index contributed by atoms with van der Waals surface area (Å²) in [4.78, 5) is 49.4. The zero-order valence-corrected chi connectivity index (χ0v) is 17.6. The first-order valence-electron chi connectivity index (χ1n) is 10.7. The highest BCUT2D eigenvalue weighted by Crippen LogP contribution is 2.28. The van der Waals surface area contributed by atoms with Crippen molar-refractivity contribution in [3.63, 3.8) is 0 Å². The summed E-state index contributed by atoms with van der Waals surface area (Å²) < 4.78 is 0. The minimum absolute atomic E-state index is 0.00843. The van der Waals surface area contributed by atoms with Gasteiger partial charge in [0, 0.05) is 44.5 Å². The summed E-state index contributed by atoms with van der Waals surface area (Å²) in [7, 11) is 0. The van der Waals surface area contributed by atoms with Gasteiger partial charge in [0.15, 0.2) is 0 Å². The van der Waals surface area contributed by atoms with Crippen LogP contribution in [0.1, 0.15) is 48.3 Å². The van der Waals surface area contributed by atoms with E-state index < -0.39 is 0 Å². The van der Waals surface area contributed by atoms with Crippen molar-refractivity contribution in [1.82, 2.24) is 25.1 Å². The zero-order chi connectivity index (χ0) is 21.8. The van der Waals surface area contributed by atoms with E-state index in [9.17, 15) is 14.4 Å². The summed E-state index contributed by atoms with van der Waals surface area (Å²) in [6.45, 7) is 3.55. The van der Waals surface area contributed by atoms with Crippen molar-refractivity contribution < 1.29 is 14.4 Å². The Labute approximate surface area is 181 Å². The molecular weight excluding hydrogens is 394 g/mol. The van der Waals surface area contributed by atoms with Crippen LogP contribution in [-0.2, 0) is 9.59 Å². The number of piperidine rings is 1. The summed E-state index contributed by atoms with van der Waals surface area (Å²) in [5.74, 6) is -0.529. The van der Waals surface area contributed by atoms with Gasteiger partial charge in [-0.25, -0.2) is 4.98 Å². The Kier molecular flexibility index (Phi) is 6.25. The molecule has 3 heterocycles. The SMILES string of the molecule is CC(c1ccccc1)N1CC(C(=O)NC2CCN(C(=O)c3cnccn3)CC2)CC1=O. The molecule has 0 aliphatic carbocycles. The van der Waals surface area contributed by atoms with Gasteiger partial charge in [-0.1, -0.05) is 30.3 Å². The highest BCUT2D eigenvalue weighted by Gasteiger charge is 2.38. The van der Waals surface area contributed by atoms with Crippen molar-refractivity contribution in [2.75, 3.05) is 19.6 Å². The van der Waals surface area contributed by atoms with Gasteiger partial charge in [-0.05, 0) is 25.3 Å². The van der Waals surface area contributed by atoms with E-state index in [0.29, 0.717) is 38.2 Å². The molecule has 0 spiro atoms. The molecule has 8 heteroatoms. The number of carbonyl (C=O) groups excluding carboxylic acids is 3. The third-order valence-electron chi connectivity index (χ3n) is 6.19. The summed E-state index contributed by atoms with van der Waals surface area (Å²) in [5.41, 5.74) is 1.40. The lowest BCUT2D eigenvalue weighted by Gasteiger charge is -2.32. The van der Waals surface area contributed by atoms with E-state index in [1.165, 1.54) is 18.6 Å². The van der Waals surface area contributed by atoms with Crippen LogP contribution in [0.25, 0.3) is 0 Å². The van der Waals surface area contributed by atoms with Crippen molar-refractivity contribution in [2.24, 2.45) is 5.92 Å². The summed E-state index contributed by atoms with van der Waals surface area (Å²) >= 11 is 0. The first kappa shape index (κ1) is 21.0. The first-order chi connectivity index (χ1) is 15.0. The van der Waals surface area contributed by atoms with Crippen LogP contribution in [0.5, 0.6) is 0 Å². The van der Waals surface area contributed by atoms with E-state index in [2.05, 4.69) is 15.3 Å². The van der Waals surface area contributed by atoms with E-state index in [0.717, 1.165) is 5.56 Å². The van der Waals surface area contributed by atoms with Gasteiger partial charge < -0.3 is 15.1 Å². The third kappa shape index (κ3) is 4.73. The van der Waals surface area contributed by atoms with Gasteiger partial charge in [0.25, 0.3) is 5.91 Å². The molecule has 2 fully saturated rings. The van der Waals surface area contributed by atoms with Gasteiger partial charge in [-0.2, -0.15) is 0 Å². The number of nitrogens with one attached hydrogen (secondary N) is 1. The van der Waals surface area contributed by atoms with E-state index >= 15 is 0 Å². The fourth-order valence-corrected chi connectivity index (χ4v) is 4.31. The molecule has 2 unspecified atom stereocenters. The number of likely N-dealkylation sites (tertiary alicyclic amines) is 2. The Morgan fingerprint density at radius 1 is 1.13 bits per heavy atom. The maximum Gasteiger partial charge on any atom is 0.274 e. The molecule has 162 valence electrons. The van der Waals surface area contributed by atoms with E-state index in [1.54, 1.807) is 9.80 Å². The number of hydrogen-bond acceptors (Lipinski definition) is 5. The monoisotopic (exact) mass is 421 g/mol. The molecule has 1 N–H and O–H groups in total. The highest BCUT2D eigenvalue weighted by atomic mass is 16.2. The van der Waals surface area contributed by atoms with Gasteiger partial charge >= 0.3 is 0 Å². The van der Waals surface area contributed by atoms with E-state index in [4.69, 9.17) is 0 Å². The summed E-state index contributed by atoms with van der Waals surface area (Å²) in [5, 5.41) is 3.10. The number of hydrogen-bond donors (Lipinski definition) is 1. The van der Waals surface area contributed by atoms with Gasteiger partial charge in [0.1, 0.15) is 5.69 Å². The third-order valence-corrected chi connectivity index (χ3v) is 6.19. The molecule has 2 saturated heterocycles. The first-order valence-corrected chi connectivity index (χ1v) is 10.7. The standard InChI is InChI=1S/C23H27N5O3/c1-16(17-5-3-2-4-6-17)28-15-18(13-21(28)29)22(30)26-19-7-11-27(12-8-19)23(31)20-14-24-9-10-25-20/h2-6,9-10,14,16,18-19H,7-8,11-13,15H2,1H3,(H,26,30). The number of carbonyl (C=O) groups is 3. The molecule has 2 aromatic rings. The number of aromatic nitrogens is 2. The van der Waals surface area contributed by atoms with Crippen molar-refractivity contribution >= 4 is 17.7 Å². The largest absolute Gasteiger partial charge is 0.353 e. The van der Waals surface area contributed by atoms with E-state index in [1.807, 2.05) is 37.3 Å². The van der Waals surface area contributed by atoms with Gasteiger partial charge in [-0.15, -0.1) is 0 Å². The molecule has 1 aromatic carbocycles. The molecule has 0 bridgehead atoms. The van der Waals surface area contributed by atoms with Crippen LogP contribution < -0.4 is 5.32 Å². The predicted octanol–water partition coefficient (Wildman–Crippen LogP) is 1.81. The van der Waals surface area contributed by atoms with Gasteiger partial charge in [-0.3, -0.25) is 19.4 Å². The topological polar surface area (TPSA) is 95.5 Å². The van der Waals surface area contributed by atoms with Gasteiger partial charge in [0.2, 0.25) is 11.8 Å². The van der Waals surface area contributed by atoms with Crippen molar-refractivity contribution in [3.05, 3.63) is 60.2 Å². The average molecular weight is 422 g/mol. The maximum absolute atomic E-state index is 12.8. The molecule has 0 saturated carbocycles. The number of nitrogens with zero attached hydrogens (tertiary/aromatic N) is 4. The van der Waals surface area contributed by atoms with E-state index in [-0.39, 0.29) is 42.1 Å². The number of benzene rings is 1.